The topological polar surface area (TPSA) is 0 Å². The van der Waals surface area contributed by atoms with Crippen LogP contribution in [-0.4, -0.2) is 30.9 Å². The van der Waals surface area contributed by atoms with Gasteiger partial charge in [0.25, 0.3) is 0 Å². The molecule has 14 aromatic rings. The minimum absolute atomic E-state index is 0. The second-order valence-corrected chi connectivity index (χ2v) is 28.1. The number of hydrogen-bond acceptors (Lipinski definition) is 0. The van der Waals surface area contributed by atoms with Crippen LogP contribution in [0.1, 0.15) is 22.3 Å². The van der Waals surface area contributed by atoms with Crippen molar-refractivity contribution in [2.24, 2.45) is 0 Å². The zero-order chi connectivity index (χ0) is 57.1. The van der Waals surface area contributed by atoms with Gasteiger partial charge in [0.2, 0.25) is 0 Å². The second kappa shape index (κ2) is 35.3. The van der Waals surface area contributed by atoms with E-state index in [1.54, 1.807) is 0 Å². The normalized spacial score (nSPS) is 10.0. The van der Waals surface area contributed by atoms with Gasteiger partial charge in [-0.2, -0.15) is 24.3 Å². The smallest absolute Gasteiger partial charge is 4.00 e. The van der Waals surface area contributed by atoms with Gasteiger partial charge in [-0.25, -0.2) is 0 Å². The summed E-state index contributed by atoms with van der Waals surface area (Å²) < 4.78 is 0. The quantitative estimate of drug-likeness (QED) is 0.122. The molecule has 416 valence electrons. The van der Waals surface area contributed by atoms with Gasteiger partial charge in [0.05, 0.1) is 0 Å². The first-order chi connectivity index (χ1) is 39.6. The van der Waals surface area contributed by atoms with Gasteiger partial charge in [-0.15, -0.1) is 138 Å². The van der Waals surface area contributed by atoms with Crippen LogP contribution in [0.2, 0.25) is 23.0 Å². The van der Waals surface area contributed by atoms with E-state index in [1.165, 1.54) is 131 Å². The molecule has 0 spiro atoms. The Hall–Kier alpha value is -5.41. The van der Waals surface area contributed by atoms with Gasteiger partial charge < -0.3 is 14.9 Å². The summed E-state index contributed by atoms with van der Waals surface area (Å²) in [6, 6.07) is 95.6. The molecule has 0 aliphatic heterocycles. The molecule has 6 heteroatoms. The zero-order valence-electron chi connectivity index (χ0n) is 50.2. The van der Waals surface area contributed by atoms with Gasteiger partial charge in [-0.05, 0) is 43.8 Å². The second-order valence-electron chi connectivity index (χ2n) is 20.2. The molecular weight excluding hydrogens is 1340 g/mol. The number of benzene rings is 10. The third-order valence-electron chi connectivity index (χ3n) is 13.9. The van der Waals surface area contributed by atoms with E-state index in [9.17, 15) is 0 Å². The molecule has 0 aliphatic rings. The Kier molecular flexibility index (Phi) is 29.1. The third kappa shape index (κ3) is 17.8. The largest absolute Gasteiger partial charge is 4.00 e. The van der Waals surface area contributed by atoms with Crippen LogP contribution in [0.25, 0.3) is 109 Å². The van der Waals surface area contributed by atoms with Crippen molar-refractivity contribution in [3.63, 3.8) is 0 Å². The Morgan fingerprint density at radius 1 is 0.286 bits per heavy atom. The Morgan fingerprint density at radius 3 is 0.798 bits per heavy atom. The molecule has 0 aliphatic carbocycles. The van der Waals surface area contributed by atoms with Crippen molar-refractivity contribution < 1.29 is 47.1 Å². The van der Waals surface area contributed by atoms with E-state index in [0.29, 0.717) is 30.9 Å². The zero-order valence-corrected chi connectivity index (χ0v) is 60.8. The summed E-state index contributed by atoms with van der Waals surface area (Å²) in [5, 5.41) is 16.0. The van der Waals surface area contributed by atoms with Gasteiger partial charge in [0, 0.05) is 0 Å². The summed E-state index contributed by atoms with van der Waals surface area (Å²) in [6.07, 6.45) is 0. The van der Waals surface area contributed by atoms with Crippen molar-refractivity contribution >= 4 is 113 Å². The predicted molar refractivity (Wildman–Crippen MR) is 373 cm³/mol. The van der Waals surface area contributed by atoms with Crippen molar-refractivity contribution in [3.05, 3.63) is 304 Å². The SMILES string of the molecule is Cc1cc2c(-c3cccc4ccccc34)cccc2[cH-]1.Cc1cc2c(-c3cccc4ccccc34)cccc2[cH-]1.Cc1cc2c(-c3ccccc3)cccc2[cH-]1.Cc1cc2c(-c3ccccc3)cccc2[cH-]1.[CH3-].[CH3-].[CH3][Ge][CH3].[CH3][Ge][CH3].[Cl][Zr+2][Cl].[Zr+4]. The molecule has 4 radical (unpaired) electrons. The molecular formula is C78H74Cl2Ge2Zr2. The van der Waals surface area contributed by atoms with Crippen LogP contribution in [0.3, 0.4) is 0 Å². The average molecular weight is 1410 g/mol. The molecule has 0 amide bonds. The molecule has 0 aromatic heterocycles. The number of aryl methyl sites for hydroxylation is 4. The maximum Gasteiger partial charge on any atom is 4.00 e. The number of hydrogen-bond donors (Lipinski definition) is 0. The summed E-state index contributed by atoms with van der Waals surface area (Å²) in [5.41, 5.74) is 15.8. The van der Waals surface area contributed by atoms with Gasteiger partial charge in [0.15, 0.2) is 0 Å². The molecule has 0 saturated heterocycles. The number of rotatable bonds is 4. The minimum Gasteiger partial charge on any atom is 4.00 e. The van der Waals surface area contributed by atoms with E-state index in [0.717, 1.165) is 0 Å². The Labute approximate surface area is 552 Å². The molecule has 84 heavy (non-hydrogen) atoms. The fourth-order valence-electron chi connectivity index (χ4n) is 10.7. The van der Waals surface area contributed by atoms with E-state index in [-0.39, 0.29) is 41.1 Å². The van der Waals surface area contributed by atoms with Gasteiger partial charge in [-0.1, -0.05) is 220 Å². The summed E-state index contributed by atoms with van der Waals surface area (Å²) in [5.74, 6) is 9.00. The minimum atomic E-state index is -0.826. The van der Waals surface area contributed by atoms with Crippen LogP contribution in [0, 0.1) is 42.5 Å². The Balaban J connectivity index is 0.000000194. The van der Waals surface area contributed by atoms with Crippen molar-refractivity contribution in [2.75, 3.05) is 0 Å². The summed E-state index contributed by atoms with van der Waals surface area (Å²) in [6.45, 7) is 8.61. The predicted octanol–water partition coefficient (Wildman–Crippen LogP) is 24.3. The van der Waals surface area contributed by atoms with Crippen molar-refractivity contribution in [2.45, 2.75) is 50.7 Å². The molecule has 0 heterocycles. The molecule has 0 unspecified atom stereocenters. The van der Waals surface area contributed by atoms with Crippen LogP contribution >= 0.6 is 17.0 Å². The van der Waals surface area contributed by atoms with Crippen LogP contribution in [0.15, 0.2) is 267 Å². The first kappa shape index (κ1) is 69.4. The van der Waals surface area contributed by atoms with Crippen LogP contribution in [0.5, 0.6) is 0 Å². The fraction of sp³-hybridized carbons (Fsp3) is 0.103. The van der Waals surface area contributed by atoms with E-state index in [2.05, 4.69) is 318 Å². The van der Waals surface area contributed by atoms with Crippen LogP contribution < -0.4 is 0 Å². The van der Waals surface area contributed by atoms with Gasteiger partial charge >= 0.3 is 118 Å². The Bertz CT molecular complexity index is 3940. The molecule has 0 N–H and O–H groups in total. The van der Waals surface area contributed by atoms with Crippen molar-refractivity contribution in [1.82, 2.24) is 0 Å². The average Bonchev–Trinajstić information content (AvgIpc) is 3.50. The standard InChI is InChI=1S/2C20H15.2C16H13.2C2H6Ge.2CH3.2ClH.2Zr/c2*1-14-12-16-8-5-11-19(20(16)13-14)18-10-4-7-15-6-2-3-9-17(15)18;2*1-12-10-14-8-5-9-15(16(14)11-12)13-6-3-2-4-7-13;2*1-3-2;;;;;;/h2*2-13H,1H3;2*2-11H,1H3;2*1-2H3;2*1H3;2*1H;;/q4*-1;;;2*-1;;;2*+4/p-2. The summed E-state index contributed by atoms with van der Waals surface area (Å²) >= 11 is 0.174. The maximum atomic E-state index is 4.93. The van der Waals surface area contributed by atoms with Gasteiger partial charge in [0.1, 0.15) is 0 Å². The Morgan fingerprint density at radius 2 is 0.500 bits per heavy atom. The summed E-state index contributed by atoms with van der Waals surface area (Å²) in [7, 11) is 9.87. The monoisotopic (exact) mass is 1410 g/mol. The molecule has 0 bridgehead atoms. The summed E-state index contributed by atoms with van der Waals surface area (Å²) in [4.78, 5) is 0. The van der Waals surface area contributed by atoms with Crippen molar-refractivity contribution in [1.29, 1.82) is 0 Å². The molecule has 14 aromatic carbocycles. The fourth-order valence-corrected chi connectivity index (χ4v) is 10.7. The molecule has 0 atom stereocenters. The van der Waals surface area contributed by atoms with E-state index in [4.69, 9.17) is 17.0 Å². The van der Waals surface area contributed by atoms with Crippen molar-refractivity contribution in [3.8, 4) is 44.5 Å². The molecule has 0 fully saturated rings. The van der Waals surface area contributed by atoms with E-state index in [1.807, 2.05) is 0 Å². The first-order valence-corrected chi connectivity index (χ1v) is 42.2. The number of fused-ring (bicyclic) bond motifs is 6. The van der Waals surface area contributed by atoms with Crippen LogP contribution in [-0.2, 0) is 47.1 Å². The maximum absolute atomic E-state index is 4.93. The van der Waals surface area contributed by atoms with Gasteiger partial charge in [-0.3, -0.25) is 0 Å². The first-order valence-electron chi connectivity index (χ1n) is 27.4. The number of halogens is 2. The molecule has 0 nitrogen and oxygen atoms in total. The van der Waals surface area contributed by atoms with Crippen LogP contribution in [0.4, 0.5) is 0 Å². The third-order valence-corrected chi connectivity index (χ3v) is 13.9. The van der Waals surface area contributed by atoms with E-state index < -0.39 is 20.8 Å². The molecule has 14 rings (SSSR count). The molecule has 0 saturated carbocycles. The van der Waals surface area contributed by atoms with E-state index >= 15 is 0 Å².